The topological polar surface area (TPSA) is 134 Å². The number of thiazole rings is 1. The molecule has 16 heteroatoms. The molecule has 1 amide bonds. The first-order valence-electron chi connectivity index (χ1n) is 17.7. The van der Waals surface area contributed by atoms with Crippen molar-refractivity contribution in [2.75, 3.05) is 36.4 Å². The molecule has 290 valence electrons. The SMILES string of the molecule is COc1ccc(CN(Cc2ccc(OC)cc2)c2ncccc2C(C)N2C=C(Cl)Oc3c(F)c(-c4cccc5sc(NC(=O)O)nc45)c(Cl)c4c3C2=NCN4)cc1. The number of methoxy groups -OCH3 is 2. The molecular formula is C41H34Cl2FN7O5S. The van der Waals surface area contributed by atoms with Crippen molar-refractivity contribution in [3.05, 3.63) is 130 Å². The molecule has 2 aliphatic heterocycles. The molecule has 1 unspecified atom stereocenters. The Morgan fingerprint density at radius 2 is 1.70 bits per heavy atom. The summed E-state index contributed by atoms with van der Waals surface area (Å²) in [7, 11) is 3.27. The van der Waals surface area contributed by atoms with Crippen LogP contribution in [-0.4, -0.2) is 52.8 Å². The molecule has 2 aromatic heterocycles. The van der Waals surface area contributed by atoms with Crippen LogP contribution >= 0.6 is 34.5 Å². The summed E-state index contributed by atoms with van der Waals surface area (Å²) in [5, 5.41) is 14.9. The van der Waals surface area contributed by atoms with E-state index in [0.29, 0.717) is 51.8 Å². The summed E-state index contributed by atoms with van der Waals surface area (Å²) in [5.74, 6) is 1.67. The van der Waals surface area contributed by atoms with Gasteiger partial charge >= 0.3 is 6.09 Å². The van der Waals surface area contributed by atoms with Gasteiger partial charge in [0.05, 0.1) is 53.0 Å². The molecule has 0 bridgehead atoms. The average molecular weight is 827 g/mol. The number of nitrogens with zero attached hydrogens (tertiary/aromatic N) is 5. The molecule has 0 saturated carbocycles. The number of rotatable bonds is 11. The Kier molecular flexibility index (Phi) is 10.5. The lowest BCUT2D eigenvalue weighted by molar-refractivity contribution is 0.209. The molecule has 8 rings (SSSR count). The molecule has 12 nitrogen and oxygen atoms in total. The lowest BCUT2D eigenvalue weighted by atomic mass is 9.97. The van der Waals surface area contributed by atoms with Crippen molar-refractivity contribution >= 4 is 73.3 Å². The summed E-state index contributed by atoms with van der Waals surface area (Å²) < 4.78 is 34.6. The third-order valence-electron chi connectivity index (χ3n) is 9.68. The van der Waals surface area contributed by atoms with Gasteiger partial charge in [0.25, 0.3) is 0 Å². The van der Waals surface area contributed by atoms with Crippen molar-refractivity contribution in [1.82, 2.24) is 14.9 Å². The van der Waals surface area contributed by atoms with Crippen LogP contribution in [0.3, 0.4) is 0 Å². The molecule has 3 N–H and O–H groups in total. The number of aromatic nitrogens is 2. The summed E-state index contributed by atoms with van der Waals surface area (Å²) in [5.41, 5.74) is 4.36. The Labute approximate surface area is 340 Å². The molecular weight excluding hydrogens is 792 g/mol. The van der Waals surface area contributed by atoms with Crippen LogP contribution < -0.4 is 29.7 Å². The second-order valence-electron chi connectivity index (χ2n) is 13.1. The maximum Gasteiger partial charge on any atom is 0.410 e. The highest BCUT2D eigenvalue weighted by atomic mass is 35.5. The first kappa shape index (κ1) is 37.8. The quantitative estimate of drug-likeness (QED) is 0.116. The minimum Gasteiger partial charge on any atom is -0.497 e. The molecule has 0 fully saturated rings. The zero-order valence-corrected chi connectivity index (χ0v) is 33.0. The van der Waals surface area contributed by atoms with Gasteiger partial charge in [-0.15, -0.1) is 0 Å². The molecule has 57 heavy (non-hydrogen) atoms. The molecule has 4 heterocycles. The summed E-state index contributed by atoms with van der Waals surface area (Å²) >= 11 is 15.0. The number of amides is 1. The average Bonchev–Trinajstić information content (AvgIpc) is 3.56. The van der Waals surface area contributed by atoms with Crippen molar-refractivity contribution in [2.24, 2.45) is 4.99 Å². The fourth-order valence-corrected chi connectivity index (χ4v) is 8.42. The Morgan fingerprint density at radius 3 is 2.35 bits per heavy atom. The second kappa shape index (κ2) is 15.8. The van der Waals surface area contributed by atoms with E-state index in [1.807, 2.05) is 72.5 Å². The number of amidine groups is 1. The van der Waals surface area contributed by atoms with E-state index in [1.165, 1.54) is 0 Å². The van der Waals surface area contributed by atoms with Crippen LogP contribution in [0.15, 0.2) is 101 Å². The van der Waals surface area contributed by atoms with Crippen LogP contribution in [0.1, 0.15) is 35.2 Å². The van der Waals surface area contributed by atoms with Gasteiger partial charge in [-0.25, -0.2) is 24.1 Å². The van der Waals surface area contributed by atoms with Crippen molar-refractivity contribution in [1.29, 1.82) is 0 Å². The predicted molar refractivity (Wildman–Crippen MR) is 222 cm³/mol. The number of nitrogens with one attached hydrogen (secondary N) is 2. The minimum absolute atomic E-state index is 0.0187. The second-order valence-corrected chi connectivity index (χ2v) is 14.9. The molecule has 0 aliphatic carbocycles. The maximum absolute atomic E-state index is 17.1. The zero-order valence-electron chi connectivity index (χ0n) is 30.7. The molecule has 0 saturated heterocycles. The number of fused-ring (bicyclic) bond motifs is 1. The van der Waals surface area contributed by atoms with Crippen LogP contribution in [-0.2, 0) is 13.1 Å². The number of benzene rings is 4. The monoisotopic (exact) mass is 825 g/mol. The van der Waals surface area contributed by atoms with E-state index in [9.17, 15) is 9.90 Å². The van der Waals surface area contributed by atoms with Gasteiger partial charge in [-0.1, -0.05) is 65.4 Å². The molecule has 0 radical (unpaired) electrons. The number of hydrogen-bond donors (Lipinski definition) is 3. The van der Waals surface area contributed by atoms with E-state index >= 15 is 4.39 Å². The number of aliphatic imine (C=N–C) groups is 1. The highest BCUT2D eigenvalue weighted by Gasteiger charge is 2.37. The Bertz CT molecular complexity index is 2520. The Balaban J connectivity index is 1.20. The molecule has 0 spiro atoms. The summed E-state index contributed by atoms with van der Waals surface area (Å²) in [6, 6.07) is 24.4. The van der Waals surface area contributed by atoms with Gasteiger partial charge in [0.2, 0.25) is 5.22 Å². The Morgan fingerprint density at radius 1 is 1.02 bits per heavy atom. The van der Waals surface area contributed by atoms with Gasteiger partial charge in [-0.05, 0) is 66.0 Å². The third-order valence-corrected chi connectivity index (χ3v) is 11.2. The van der Waals surface area contributed by atoms with Crippen molar-refractivity contribution in [2.45, 2.75) is 26.1 Å². The fourth-order valence-electron chi connectivity index (χ4n) is 7.01. The van der Waals surface area contributed by atoms with E-state index in [0.717, 1.165) is 39.5 Å². The van der Waals surface area contributed by atoms with Crippen LogP contribution in [0.2, 0.25) is 5.02 Å². The highest BCUT2D eigenvalue weighted by Crippen LogP contribution is 2.50. The van der Waals surface area contributed by atoms with Gasteiger partial charge in [-0.3, -0.25) is 5.32 Å². The van der Waals surface area contributed by atoms with E-state index < -0.39 is 18.0 Å². The first-order valence-corrected chi connectivity index (χ1v) is 19.2. The van der Waals surface area contributed by atoms with Crippen molar-refractivity contribution in [3.63, 3.8) is 0 Å². The molecule has 1 atom stereocenters. The number of anilines is 3. The Hall–Kier alpha value is -6.09. The minimum atomic E-state index is -1.26. The van der Waals surface area contributed by atoms with Crippen molar-refractivity contribution in [3.8, 4) is 28.4 Å². The number of hydrogen-bond acceptors (Lipinski definition) is 11. The van der Waals surface area contributed by atoms with E-state index in [1.54, 1.807) is 44.8 Å². The number of para-hydroxylation sites is 1. The van der Waals surface area contributed by atoms with E-state index in [4.69, 9.17) is 47.4 Å². The van der Waals surface area contributed by atoms with Gasteiger partial charge in [0.15, 0.2) is 16.7 Å². The van der Waals surface area contributed by atoms with Crippen LogP contribution in [0.5, 0.6) is 17.2 Å². The number of carbonyl (C=O) groups is 1. The van der Waals surface area contributed by atoms with E-state index in [2.05, 4.69) is 20.5 Å². The predicted octanol–water partition coefficient (Wildman–Crippen LogP) is 10.1. The standard InChI is InChI=1S/C41H34Cl2FN7O5S/c1-22(27-7-5-17-45-38(27)50(18-23-9-13-25(54-2)14-10-23)19-24-11-15-26(55-3)16-12-24)51-20-30(42)56-37-32-36(46-21-47-39(32)51)33(43)31(34(37)44)28-6-4-8-29-35(28)48-40(57-29)49-41(52)53/h4-17,20,22,46H,18-19,21H2,1-3H3,(H,48,49)(H,52,53). The molecule has 6 aromatic rings. The summed E-state index contributed by atoms with van der Waals surface area (Å²) in [6.45, 7) is 3.16. The highest BCUT2D eigenvalue weighted by molar-refractivity contribution is 7.22. The van der Waals surface area contributed by atoms with Gasteiger partial charge in [0.1, 0.15) is 29.8 Å². The number of halogens is 3. The smallest absolute Gasteiger partial charge is 0.410 e. The van der Waals surface area contributed by atoms with Crippen LogP contribution in [0.4, 0.5) is 25.8 Å². The number of ether oxygens (including phenoxy) is 3. The number of pyridine rings is 1. The zero-order chi connectivity index (χ0) is 39.8. The lowest BCUT2D eigenvalue weighted by Gasteiger charge is -2.34. The summed E-state index contributed by atoms with van der Waals surface area (Å²) in [6.07, 6.45) is 2.08. The third kappa shape index (κ3) is 7.34. The van der Waals surface area contributed by atoms with Gasteiger partial charge < -0.3 is 34.4 Å². The number of carboxylic acid groups (broad SMARTS) is 1. The summed E-state index contributed by atoms with van der Waals surface area (Å²) in [4.78, 5) is 29.6. The van der Waals surface area contributed by atoms with Crippen molar-refractivity contribution < 1.29 is 28.5 Å². The largest absolute Gasteiger partial charge is 0.497 e. The normalized spacial score (nSPS) is 13.7. The van der Waals surface area contributed by atoms with Crippen LogP contribution in [0.25, 0.3) is 21.3 Å². The van der Waals surface area contributed by atoms with Gasteiger partial charge in [0, 0.05) is 36.0 Å². The lowest BCUT2D eigenvalue weighted by Crippen LogP contribution is -2.34. The van der Waals surface area contributed by atoms with Crippen LogP contribution in [0, 0.1) is 5.82 Å². The molecule has 4 aromatic carbocycles. The van der Waals surface area contributed by atoms with E-state index in [-0.39, 0.29) is 33.4 Å². The fraction of sp³-hybridized carbons (Fsp3) is 0.171. The molecule has 2 aliphatic rings. The van der Waals surface area contributed by atoms with Gasteiger partial charge in [-0.2, -0.15) is 0 Å². The maximum atomic E-state index is 17.1. The first-order chi connectivity index (χ1) is 27.6.